The van der Waals surface area contributed by atoms with Gasteiger partial charge in [0.1, 0.15) is 0 Å². The highest BCUT2D eigenvalue weighted by atomic mass is 32.1. The summed E-state index contributed by atoms with van der Waals surface area (Å²) in [5.41, 5.74) is 1.07. The molecular weight excluding hydrogens is 280 g/mol. The molecule has 0 unspecified atom stereocenters. The number of aromatic nitrogens is 4. The third-order valence-electron chi connectivity index (χ3n) is 4.68. The average Bonchev–Trinajstić information content (AvgIpc) is 2.90. The van der Waals surface area contributed by atoms with Crippen LogP contribution in [-0.4, -0.2) is 19.7 Å². The van der Waals surface area contributed by atoms with E-state index in [0.717, 1.165) is 34.5 Å². The fourth-order valence-electron chi connectivity index (χ4n) is 3.29. The van der Waals surface area contributed by atoms with E-state index >= 15 is 0 Å². The van der Waals surface area contributed by atoms with Gasteiger partial charge < -0.3 is 0 Å². The normalized spacial score (nSPS) is 22.3. The van der Waals surface area contributed by atoms with Crippen LogP contribution in [0.1, 0.15) is 39.0 Å². The van der Waals surface area contributed by atoms with Crippen LogP contribution in [0, 0.1) is 16.6 Å². The Bertz CT molecular complexity index is 623. The molecule has 0 atom stereocenters. The summed E-state index contributed by atoms with van der Waals surface area (Å²) in [4.78, 5) is 4.07. The second kappa shape index (κ2) is 6.52. The molecule has 1 aliphatic rings. The number of nitrogens with zero attached hydrogens (tertiary/aromatic N) is 3. The van der Waals surface area contributed by atoms with E-state index in [2.05, 4.69) is 26.7 Å². The van der Waals surface area contributed by atoms with E-state index in [1.54, 1.807) is 12.4 Å². The quantitative estimate of drug-likeness (QED) is 0.860. The van der Waals surface area contributed by atoms with Crippen LogP contribution in [0.3, 0.4) is 0 Å². The number of rotatable bonds is 4. The number of hydrogen-bond donors (Lipinski definition) is 1. The van der Waals surface area contributed by atoms with E-state index in [1.807, 2.05) is 12.1 Å². The van der Waals surface area contributed by atoms with Crippen molar-refractivity contribution in [3.8, 4) is 11.4 Å². The van der Waals surface area contributed by atoms with Gasteiger partial charge in [-0.3, -0.25) is 14.6 Å². The molecule has 2 heterocycles. The zero-order chi connectivity index (χ0) is 14.7. The van der Waals surface area contributed by atoms with Crippen molar-refractivity contribution >= 4 is 12.2 Å². The topological polar surface area (TPSA) is 46.5 Å². The SMILES string of the molecule is CCC1CCC(Cn2c(-c3ccncc3)n[nH]c2=S)CC1. The summed E-state index contributed by atoms with van der Waals surface area (Å²) in [6, 6.07) is 3.96. The highest BCUT2D eigenvalue weighted by Crippen LogP contribution is 2.32. The van der Waals surface area contributed by atoms with Gasteiger partial charge in [0.2, 0.25) is 0 Å². The number of nitrogens with one attached hydrogen (secondary N) is 1. The van der Waals surface area contributed by atoms with Crippen LogP contribution in [0.5, 0.6) is 0 Å². The highest BCUT2D eigenvalue weighted by Gasteiger charge is 2.21. The molecule has 0 bridgehead atoms. The molecular formula is C16H22N4S. The lowest BCUT2D eigenvalue weighted by Crippen LogP contribution is -2.19. The first kappa shape index (κ1) is 14.4. The molecule has 1 N–H and O–H groups in total. The van der Waals surface area contributed by atoms with Crippen molar-refractivity contribution < 1.29 is 0 Å². The Morgan fingerprint density at radius 2 is 1.86 bits per heavy atom. The molecule has 0 saturated heterocycles. The van der Waals surface area contributed by atoms with Gasteiger partial charge in [0.05, 0.1) is 0 Å². The number of pyridine rings is 1. The van der Waals surface area contributed by atoms with Gasteiger partial charge in [-0.15, -0.1) is 0 Å². The van der Waals surface area contributed by atoms with Gasteiger partial charge >= 0.3 is 0 Å². The zero-order valence-corrected chi connectivity index (χ0v) is 13.3. The summed E-state index contributed by atoms with van der Waals surface area (Å²) in [6.45, 7) is 3.28. The molecule has 1 saturated carbocycles. The fraction of sp³-hybridized carbons (Fsp3) is 0.562. The van der Waals surface area contributed by atoms with Crippen molar-refractivity contribution in [2.45, 2.75) is 45.6 Å². The molecule has 0 amide bonds. The average molecular weight is 302 g/mol. The molecule has 3 rings (SSSR count). The van der Waals surface area contributed by atoms with E-state index < -0.39 is 0 Å². The maximum Gasteiger partial charge on any atom is 0.195 e. The van der Waals surface area contributed by atoms with Crippen LogP contribution in [-0.2, 0) is 6.54 Å². The van der Waals surface area contributed by atoms with Crippen LogP contribution in [0.2, 0.25) is 0 Å². The summed E-state index contributed by atoms with van der Waals surface area (Å²) >= 11 is 5.42. The first-order chi connectivity index (χ1) is 10.3. The lowest BCUT2D eigenvalue weighted by Gasteiger charge is -2.28. The Kier molecular flexibility index (Phi) is 4.48. The van der Waals surface area contributed by atoms with Gasteiger partial charge in [-0.1, -0.05) is 26.2 Å². The molecule has 0 radical (unpaired) electrons. The van der Waals surface area contributed by atoms with E-state index in [-0.39, 0.29) is 0 Å². The van der Waals surface area contributed by atoms with Crippen molar-refractivity contribution in [3.63, 3.8) is 0 Å². The maximum absolute atomic E-state index is 5.42. The Balaban J connectivity index is 1.77. The van der Waals surface area contributed by atoms with Crippen molar-refractivity contribution in [1.29, 1.82) is 0 Å². The second-order valence-corrected chi connectivity index (χ2v) is 6.38. The van der Waals surface area contributed by atoms with Crippen LogP contribution in [0.25, 0.3) is 11.4 Å². The van der Waals surface area contributed by atoms with Crippen molar-refractivity contribution in [3.05, 3.63) is 29.3 Å². The molecule has 1 fully saturated rings. The first-order valence-corrected chi connectivity index (χ1v) is 8.24. The van der Waals surface area contributed by atoms with Crippen molar-refractivity contribution in [2.24, 2.45) is 11.8 Å². The molecule has 1 aliphatic carbocycles. The molecule has 5 heteroatoms. The van der Waals surface area contributed by atoms with E-state index in [9.17, 15) is 0 Å². The summed E-state index contributed by atoms with van der Waals surface area (Å²) in [5.74, 6) is 2.58. The van der Waals surface area contributed by atoms with E-state index in [1.165, 1.54) is 32.1 Å². The summed E-state index contributed by atoms with van der Waals surface area (Å²) < 4.78 is 2.88. The van der Waals surface area contributed by atoms with Gasteiger partial charge in [-0.2, -0.15) is 5.10 Å². The van der Waals surface area contributed by atoms with Gasteiger partial charge in [0, 0.05) is 24.5 Å². The molecule has 4 nitrogen and oxygen atoms in total. The predicted octanol–water partition coefficient (Wildman–Crippen LogP) is 4.22. The smallest absolute Gasteiger partial charge is 0.195 e. The summed E-state index contributed by atoms with van der Waals surface area (Å²) in [5, 5.41) is 7.34. The lowest BCUT2D eigenvalue weighted by molar-refractivity contribution is 0.247. The minimum Gasteiger partial charge on any atom is -0.300 e. The monoisotopic (exact) mass is 302 g/mol. The molecule has 0 aromatic carbocycles. The van der Waals surface area contributed by atoms with Gasteiger partial charge in [-0.05, 0) is 49.0 Å². The Morgan fingerprint density at radius 1 is 1.19 bits per heavy atom. The third kappa shape index (κ3) is 3.23. The molecule has 0 spiro atoms. The molecule has 112 valence electrons. The standard InChI is InChI=1S/C16H22N4S/c1-2-12-3-5-13(6-4-12)11-20-15(18-19-16(20)21)14-7-9-17-10-8-14/h7-10,12-13H,2-6,11H2,1H3,(H,19,21). The Labute approximate surface area is 130 Å². The number of H-pyrrole nitrogens is 1. The van der Waals surface area contributed by atoms with Gasteiger partial charge in [0.25, 0.3) is 0 Å². The van der Waals surface area contributed by atoms with Gasteiger partial charge in [-0.25, -0.2) is 0 Å². The van der Waals surface area contributed by atoms with Gasteiger partial charge in [0.15, 0.2) is 10.6 Å². The second-order valence-electron chi connectivity index (χ2n) is 5.99. The first-order valence-electron chi connectivity index (χ1n) is 7.83. The van der Waals surface area contributed by atoms with E-state index in [0.29, 0.717) is 0 Å². The van der Waals surface area contributed by atoms with Crippen LogP contribution < -0.4 is 0 Å². The van der Waals surface area contributed by atoms with Crippen LogP contribution in [0.4, 0.5) is 0 Å². The molecule has 2 aromatic rings. The summed E-state index contributed by atoms with van der Waals surface area (Å²) in [6.07, 6.45) is 10.2. The van der Waals surface area contributed by atoms with Crippen LogP contribution in [0.15, 0.2) is 24.5 Å². The Hall–Kier alpha value is -1.49. The third-order valence-corrected chi connectivity index (χ3v) is 4.99. The molecule has 2 aromatic heterocycles. The minimum absolute atomic E-state index is 0.720. The van der Waals surface area contributed by atoms with E-state index in [4.69, 9.17) is 12.2 Å². The minimum atomic E-state index is 0.720. The summed E-state index contributed by atoms with van der Waals surface area (Å²) in [7, 11) is 0. The molecule has 21 heavy (non-hydrogen) atoms. The number of hydrogen-bond acceptors (Lipinski definition) is 3. The Morgan fingerprint density at radius 3 is 2.52 bits per heavy atom. The maximum atomic E-state index is 5.42. The fourth-order valence-corrected chi connectivity index (χ4v) is 3.50. The highest BCUT2D eigenvalue weighted by molar-refractivity contribution is 7.71. The van der Waals surface area contributed by atoms with Crippen molar-refractivity contribution in [1.82, 2.24) is 19.7 Å². The van der Waals surface area contributed by atoms with Crippen LogP contribution >= 0.6 is 12.2 Å². The molecule has 0 aliphatic heterocycles. The number of aromatic amines is 1. The zero-order valence-electron chi connectivity index (χ0n) is 12.5. The lowest BCUT2D eigenvalue weighted by atomic mass is 9.81. The predicted molar refractivity (Wildman–Crippen MR) is 86.4 cm³/mol. The largest absolute Gasteiger partial charge is 0.300 e. The van der Waals surface area contributed by atoms with Crippen molar-refractivity contribution in [2.75, 3.05) is 0 Å².